The molecule has 0 N–H and O–H groups in total. The summed E-state index contributed by atoms with van der Waals surface area (Å²) < 4.78 is 75.6. The maximum Gasteiger partial charge on any atom is 0.416 e. The van der Waals surface area contributed by atoms with Crippen molar-refractivity contribution in [3.63, 3.8) is 0 Å². The first-order valence-corrected chi connectivity index (χ1v) is 5.48. The molecule has 1 aromatic rings. The molecule has 1 aromatic carbocycles. The Morgan fingerprint density at radius 1 is 0.895 bits per heavy atom. The first-order chi connectivity index (χ1) is 8.55. The first kappa shape index (κ1) is 15.6. The molecule has 0 heterocycles. The molecule has 0 unspecified atom stereocenters. The highest BCUT2D eigenvalue weighted by Crippen LogP contribution is 2.37. The summed E-state index contributed by atoms with van der Waals surface area (Å²) in [5.41, 5.74) is -2.58. The molecule has 1 atom stereocenters. The average molecular weight is 282 g/mol. The SMILES string of the molecule is C/C=C/[C@H](C)c1cc(C(F)(F)F)cc(C(F)(F)F)c1. The van der Waals surface area contributed by atoms with Crippen molar-refractivity contribution in [3.05, 3.63) is 47.0 Å². The molecule has 0 aromatic heterocycles. The second kappa shape index (κ2) is 5.27. The van der Waals surface area contributed by atoms with Gasteiger partial charge in [-0.1, -0.05) is 19.1 Å². The summed E-state index contributed by atoms with van der Waals surface area (Å²) in [5.74, 6) is -0.520. The topological polar surface area (TPSA) is 0 Å². The molecule has 0 radical (unpaired) electrons. The van der Waals surface area contributed by atoms with Crippen molar-refractivity contribution in [3.8, 4) is 0 Å². The van der Waals surface area contributed by atoms with Crippen molar-refractivity contribution in [2.24, 2.45) is 0 Å². The van der Waals surface area contributed by atoms with E-state index in [4.69, 9.17) is 0 Å². The van der Waals surface area contributed by atoms with Gasteiger partial charge in [-0.2, -0.15) is 26.3 Å². The van der Waals surface area contributed by atoms with E-state index < -0.39 is 29.4 Å². The molecular weight excluding hydrogens is 270 g/mol. The van der Waals surface area contributed by atoms with Gasteiger partial charge in [-0.3, -0.25) is 0 Å². The molecule has 0 aliphatic heterocycles. The Kier molecular flexibility index (Phi) is 4.32. The van der Waals surface area contributed by atoms with Crippen LogP contribution in [0.3, 0.4) is 0 Å². The van der Waals surface area contributed by atoms with Crippen molar-refractivity contribution >= 4 is 0 Å². The molecule has 0 spiro atoms. The molecule has 0 aliphatic carbocycles. The van der Waals surface area contributed by atoms with Gasteiger partial charge in [0.15, 0.2) is 0 Å². The Morgan fingerprint density at radius 2 is 1.32 bits per heavy atom. The van der Waals surface area contributed by atoms with E-state index in [1.807, 2.05) is 0 Å². The van der Waals surface area contributed by atoms with Crippen LogP contribution in [0.1, 0.15) is 36.5 Å². The average Bonchev–Trinajstić information content (AvgIpc) is 2.26. The molecule has 0 amide bonds. The standard InChI is InChI=1S/C13H12F6/c1-3-4-8(2)9-5-10(12(14,15)16)7-11(6-9)13(17,18)19/h3-8H,1-2H3/b4-3+/t8-/m0/s1. The third kappa shape index (κ3) is 4.01. The maximum atomic E-state index is 12.6. The van der Waals surface area contributed by atoms with E-state index in [-0.39, 0.29) is 11.6 Å². The first-order valence-electron chi connectivity index (χ1n) is 5.48. The van der Waals surface area contributed by atoms with Crippen molar-refractivity contribution in [1.82, 2.24) is 0 Å². The molecule has 0 aliphatic rings. The lowest BCUT2D eigenvalue weighted by Crippen LogP contribution is -2.12. The number of hydrogen-bond donors (Lipinski definition) is 0. The summed E-state index contributed by atoms with van der Waals surface area (Å²) in [5, 5.41) is 0. The van der Waals surface area contributed by atoms with Gasteiger partial charge in [0.05, 0.1) is 11.1 Å². The van der Waals surface area contributed by atoms with Crippen molar-refractivity contribution in [2.45, 2.75) is 32.1 Å². The minimum absolute atomic E-state index is 0.0137. The van der Waals surface area contributed by atoms with Gasteiger partial charge < -0.3 is 0 Å². The molecule has 19 heavy (non-hydrogen) atoms. The Bertz CT molecular complexity index is 435. The van der Waals surface area contributed by atoms with Crippen molar-refractivity contribution in [2.75, 3.05) is 0 Å². The number of halogens is 6. The summed E-state index contributed by atoms with van der Waals surface area (Å²) in [7, 11) is 0. The van der Waals surface area contributed by atoms with E-state index in [9.17, 15) is 26.3 Å². The fourth-order valence-corrected chi connectivity index (χ4v) is 1.64. The predicted octanol–water partition coefficient (Wildman–Crippen LogP) is 5.40. The maximum absolute atomic E-state index is 12.6. The molecule has 0 fully saturated rings. The van der Waals surface area contributed by atoms with E-state index in [0.717, 1.165) is 12.1 Å². The fraction of sp³-hybridized carbons (Fsp3) is 0.385. The van der Waals surface area contributed by atoms with Gasteiger partial charge in [0, 0.05) is 0 Å². The minimum atomic E-state index is -4.80. The summed E-state index contributed by atoms with van der Waals surface area (Å²) in [6.07, 6.45) is -6.48. The van der Waals surface area contributed by atoms with Crippen LogP contribution >= 0.6 is 0 Å². The molecule has 0 bridgehead atoms. The molecule has 0 saturated carbocycles. The molecule has 1 rings (SSSR count). The van der Waals surface area contributed by atoms with Crippen LogP contribution in [0.25, 0.3) is 0 Å². The third-order valence-electron chi connectivity index (χ3n) is 2.62. The van der Waals surface area contributed by atoms with Crippen LogP contribution in [0.15, 0.2) is 30.4 Å². The van der Waals surface area contributed by atoms with Crippen LogP contribution in [-0.4, -0.2) is 0 Å². The minimum Gasteiger partial charge on any atom is -0.166 e. The highest BCUT2D eigenvalue weighted by molar-refractivity contribution is 5.36. The zero-order chi connectivity index (χ0) is 14.8. The van der Waals surface area contributed by atoms with Crippen LogP contribution in [0.2, 0.25) is 0 Å². The highest BCUT2D eigenvalue weighted by atomic mass is 19.4. The Labute approximate surface area is 106 Å². The molecular formula is C13H12F6. The van der Waals surface area contributed by atoms with E-state index in [2.05, 4.69) is 0 Å². The number of allylic oxidation sites excluding steroid dienone is 2. The van der Waals surface area contributed by atoms with Gasteiger partial charge in [-0.15, -0.1) is 0 Å². The Hall–Kier alpha value is -1.46. The van der Waals surface area contributed by atoms with Crippen LogP contribution in [-0.2, 0) is 12.4 Å². The number of benzene rings is 1. The second-order valence-corrected chi connectivity index (χ2v) is 4.15. The van der Waals surface area contributed by atoms with Crippen LogP contribution in [0.4, 0.5) is 26.3 Å². The Balaban J connectivity index is 3.41. The number of alkyl halides is 6. The van der Waals surface area contributed by atoms with Crippen LogP contribution in [0, 0.1) is 0 Å². The van der Waals surface area contributed by atoms with Gasteiger partial charge in [-0.25, -0.2) is 0 Å². The lowest BCUT2D eigenvalue weighted by Gasteiger charge is -2.16. The molecule has 0 saturated heterocycles. The smallest absolute Gasteiger partial charge is 0.166 e. The quantitative estimate of drug-likeness (QED) is 0.503. The largest absolute Gasteiger partial charge is 0.416 e. The predicted molar refractivity (Wildman–Crippen MR) is 59.7 cm³/mol. The zero-order valence-electron chi connectivity index (χ0n) is 10.2. The monoisotopic (exact) mass is 282 g/mol. The summed E-state index contributed by atoms with van der Waals surface area (Å²) in [6.45, 7) is 3.18. The fourth-order valence-electron chi connectivity index (χ4n) is 1.64. The van der Waals surface area contributed by atoms with Crippen molar-refractivity contribution < 1.29 is 26.3 Å². The number of rotatable bonds is 2. The lowest BCUT2D eigenvalue weighted by atomic mass is 9.95. The Morgan fingerprint density at radius 3 is 1.63 bits per heavy atom. The van der Waals surface area contributed by atoms with E-state index in [1.54, 1.807) is 13.0 Å². The van der Waals surface area contributed by atoms with Gasteiger partial charge in [-0.05, 0) is 36.6 Å². The van der Waals surface area contributed by atoms with Crippen LogP contribution < -0.4 is 0 Å². The van der Waals surface area contributed by atoms with Gasteiger partial charge >= 0.3 is 12.4 Å². The summed E-state index contributed by atoms with van der Waals surface area (Å²) in [6, 6.07) is 1.63. The lowest BCUT2D eigenvalue weighted by molar-refractivity contribution is -0.143. The normalized spacial score (nSPS) is 14.9. The van der Waals surface area contributed by atoms with Gasteiger partial charge in [0.1, 0.15) is 0 Å². The zero-order valence-corrected chi connectivity index (χ0v) is 10.2. The summed E-state index contributed by atoms with van der Waals surface area (Å²) >= 11 is 0. The molecule has 0 nitrogen and oxygen atoms in total. The molecule has 106 valence electrons. The highest BCUT2D eigenvalue weighted by Gasteiger charge is 2.37. The third-order valence-corrected chi connectivity index (χ3v) is 2.62. The van der Waals surface area contributed by atoms with Crippen molar-refractivity contribution in [1.29, 1.82) is 0 Å². The van der Waals surface area contributed by atoms with E-state index in [1.165, 1.54) is 13.0 Å². The number of hydrogen-bond acceptors (Lipinski definition) is 0. The molecule has 6 heteroatoms. The van der Waals surface area contributed by atoms with Crippen LogP contribution in [0.5, 0.6) is 0 Å². The van der Waals surface area contributed by atoms with Gasteiger partial charge in [0.2, 0.25) is 0 Å². The van der Waals surface area contributed by atoms with E-state index >= 15 is 0 Å². The van der Waals surface area contributed by atoms with E-state index in [0.29, 0.717) is 0 Å². The summed E-state index contributed by atoms with van der Waals surface area (Å²) in [4.78, 5) is 0. The van der Waals surface area contributed by atoms with Gasteiger partial charge in [0.25, 0.3) is 0 Å². The second-order valence-electron chi connectivity index (χ2n) is 4.15.